The maximum absolute atomic E-state index is 12.8. The van der Waals surface area contributed by atoms with Crippen LogP contribution in [0.4, 0.5) is 4.39 Å². The van der Waals surface area contributed by atoms with Crippen molar-refractivity contribution in [3.63, 3.8) is 0 Å². The molecule has 0 heterocycles. The first-order chi connectivity index (χ1) is 8.63. The van der Waals surface area contributed by atoms with Gasteiger partial charge in [0.1, 0.15) is 5.82 Å². The van der Waals surface area contributed by atoms with Gasteiger partial charge >= 0.3 is 0 Å². The summed E-state index contributed by atoms with van der Waals surface area (Å²) in [7, 11) is 1.60. The molecule has 0 fully saturated rings. The molecular weight excluding hydrogens is 303 g/mol. The summed E-state index contributed by atoms with van der Waals surface area (Å²) in [6, 6.07) is 4.37. The minimum atomic E-state index is -0.307. The zero-order valence-electron chi connectivity index (χ0n) is 10.1. The van der Waals surface area contributed by atoms with E-state index in [1.807, 2.05) is 0 Å². The third kappa shape index (κ3) is 5.57. The van der Waals surface area contributed by atoms with Crippen LogP contribution in [-0.2, 0) is 16.1 Å². The molecule has 6 heteroatoms. The van der Waals surface area contributed by atoms with Gasteiger partial charge in [-0.1, -0.05) is 22.0 Å². The van der Waals surface area contributed by atoms with Crippen molar-refractivity contribution in [1.29, 1.82) is 0 Å². The van der Waals surface area contributed by atoms with Crippen molar-refractivity contribution in [3.8, 4) is 0 Å². The van der Waals surface area contributed by atoms with Crippen molar-refractivity contribution in [3.05, 3.63) is 34.1 Å². The quantitative estimate of drug-likeness (QED) is 0.748. The normalized spacial score (nSPS) is 10.4. The molecule has 0 unspecified atom stereocenters. The Morgan fingerprint density at radius 1 is 1.50 bits per heavy atom. The molecule has 1 rings (SSSR count). The summed E-state index contributed by atoms with van der Waals surface area (Å²) in [6.07, 6.45) is 0. The van der Waals surface area contributed by atoms with Crippen LogP contribution in [0.5, 0.6) is 0 Å². The van der Waals surface area contributed by atoms with Gasteiger partial charge in [0.15, 0.2) is 0 Å². The second-order valence-corrected chi connectivity index (χ2v) is 4.54. The van der Waals surface area contributed by atoms with E-state index in [-0.39, 0.29) is 18.3 Å². The predicted octanol–water partition coefficient (Wildman–Crippen LogP) is 1.44. The molecule has 0 spiro atoms. The Morgan fingerprint density at radius 2 is 2.28 bits per heavy atom. The zero-order chi connectivity index (χ0) is 13.4. The van der Waals surface area contributed by atoms with Crippen LogP contribution in [0.2, 0.25) is 0 Å². The number of carbonyl (C=O) groups excluding carboxylic acids is 1. The summed E-state index contributed by atoms with van der Waals surface area (Å²) in [4.78, 5) is 11.5. The summed E-state index contributed by atoms with van der Waals surface area (Å²) in [6.45, 7) is 1.80. The number of nitrogens with one attached hydrogen (secondary N) is 2. The van der Waals surface area contributed by atoms with Crippen LogP contribution in [0.3, 0.4) is 0 Å². The van der Waals surface area contributed by atoms with Gasteiger partial charge in [-0.05, 0) is 17.7 Å². The lowest BCUT2D eigenvalue weighted by Crippen LogP contribution is -2.34. The van der Waals surface area contributed by atoms with Crippen molar-refractivity contribution in [1.82, 2.24) is 10.6 Å². The van der Waals surface area contributed by atoms with Gasteiger partial charge in [0.2, 0.25) is 5.91 Å². The van der Waals surface area contributed by atoms with Crippen molar-refractivity contribution in [2.45, 2.75) is 6.54 Å². The molecule has 0 aliphatic rings. The summed E-state index contributed by atoms with van der Waals surface area (Å²) in [5.41, 5.74) is 0.835. The fraction of sp³-hybridized carbons (Fsp3) is 0.417. The number of benzene rings is 1. The molecular formula is C12H16BrFN2O2. The molecule has 0 aliphatic carbocycles. The average molecular weight is 319 g/mol. The Labute approximate surface area is 114 Å². The molecule has 0 aromatic heterocycles. The Balaban J connectivity index is 2.29. The highest BCUT2D eigenvalue weighted by Gasteiger charge is 2.04. The number of hydrogen-bond donors (Lipinski definition) is 2. The van der Waals surface area contributed by atoms with E-state index in [2.05, 4.69) is 26.6 Å². The summed E-state index contributed by atoms with van der Waals surface area (Å²) < 4.78 is 18.3. The number of hydrogen-bond acceptors (Lipinski definition) is 3. The van der Waals surface area contributed by atoms with Gasteiger partial charge in [0, 0.05) is 24.7 Å². The zero-order valence-corrected chi connectivity index (χ0v) is 11.7. The first-order valence-electron chi connectivity index (χ1n) is 5.53. The van der Waals surface area contributed by atoms with E-state index in [0.717, 1.165) is 5.56 Å². The van der Waals surface area contributed by atoms with Crippen molar-refractivity contribution >= 4 is 21.8 Å². The SMILES string of the molecule is COCCNCC(=O)NCc1ccc(F)cc1Br. The lowest BCUT2D eigenvalue weighted by atomic mass is 10.2. The lowest BCUT2D eigenvalue weighted by Gasteiger charge is -2.08. The molecule has 0 bridgehead atoms. The third-order valence-electron chi connectivity index (χ3n) is 2.26. The third-order valence-corrected chi connectivity index (χ3v) is 3.00. The summed E-state index contributed by atoms with van der Waals surface area (Å²) in [5, 5.41) is 5.68. The van der Waals surface area contributed by atoms with E-state index in [9.17, 15) is 9.18 Å². The number of amides is 1. The predicted molar refractivity (Wildman–Crippen MR) is 70.7 cm³/mol. The fourth-order valence-corrected chi connectivity index (χ4v) is 1.79. The summed E-state index contributed by atoms with van der Waals surface area (Å²) in [5.74, 6) is -0.416. The first-order valence-corrected chi connectivity index (χ1v) is 6.33. The second kappa shape index (κ2) is 8.18. The minimum Gasteiger partial charge on any atom is -0.383 e. The van der Waals surface area contributed by atoms with Gasteiger partial charge in [0.25, 0.3) is 0 Å². The Kier molecular flexibility index (Phi) is 6.85. The van der Waals surface area contributed by atoms with Crippen LogP contribution in [0, 0.1) is 5.82 Å². The van der Waals surface area contributed by atoms with Crippen LogP contribution in [-0.4, -0.2) is 32.7 Å². The number of ether oxygens (including phenoxy) is 1. The van der Waals surface area contributed by atoms with E-state index >= 15 is 0 Å². The first kappa shape index (κ1) is 15.1. The molecule has 0 saturated heterocycles. The van der Waals surface area contributed by atoms with Crippen molar-refractivity contribution in [2.75, 3.05) is 26.8 Å². The van der Waals surface area contributed by atoms with Crippen molar-refractivity contribution < 1.29 is 13.9 Å². The van der Waals surface area contributed by atoms with E-state index in [1.165, 1.54) is 12.1 Å². The minimum absolute atomic E-state index is 0.109. The second-order valence-electron chi connectivity index (χ2n) is 3.68. The van der Waals surface area contributed by atoms with Crippen LogP contribution >= 0.6 is 15.9 Å². The Morgan fingerprint density at radius 3 is 2.94 bits per heavy atom. The molecule has 0 aliphatic heterocycles. The average Bonchev–Trinajstić information content (AvgIpc) is 2.33. The smallest absolute Gasteiger partial charge is 0.234 e. The van der Waals surface area contributed by atoms with E-state index < -0.39 is 0 Å². The molecule has 1 amide bonds. The molecule has 4 nitrogen and oxygen atoms in total. The molecule has 0 radical (unpaired) electrons. The lowest BCUT2D eigenvalue weighted by molar-refractivity contribution is -0.120. The maximum Gasteiger partial charge on any atom is 0.234 e. The monoisotopic (exact) mass is 318 g/mol. The molecule has 1 aromatic rings. The highest BCUT2D eigenvalue weighted by Crippen LogP contribution is 2.17. The van der Waals surface area contributed by atoms with Gasteiger partial charge in [-0.3, -0.25) is 4.79 Å². The van der Waals surface area contributed by atoms with Gasteiger partial charge in [-0.2, -0.15) is 0 Å². The molecule has 0 saturated carbocycles. The van der Waals surface area contributed by atoms with Gasteiger partial charge < -0.3 is 15.4 Å². The number of methoxy groups -OCH3 is 1. The van der Waals surface area contributed by atoms with Crippen LogP contribution in [0.25, 0.3) is 0 Å². The topological polar surface area (TPSA) is 50.4 Å². The molecule has 1 aromatic carbocycles. The fourth-order valence-electron chi connectivity index (χ4n) is 1.30. The Bertz CT molecular complexity index is 402. The number of rotatable bonds is 7. The molecule has 2 N–H and O–H groups in total. The van der Waals surface area contributed by atoms with Crippen molar-refractivity contribution in [2.24, 2.45) is 0 Å². The number of halogens is 2. The molecule has 18 heavy (non-hydrogen) atoms. The van der Waals surface area contributed by atoms with Gasteiger partial charge in [-0.15, -0.1) is 0 Å². The standard InChI is InChI=1S/C12H16BrFN2O2/c1-18-5-4-15-8-12(17)16-7-9-2-3-10(14)6-11(9)13/h2-3,6,15H,4-5,7-8H2,1H3,(H,16,17). The summed E-state index contributed by atoms with van der Waals surface area (Å²) >= 11 is 3.25. The van der Waals surface area contributed by atoms with E-state index in [1.54, 1.807) is 13.2 Å². The van der Waals surface area contributed by atoms with Crippen LogP contribution in [0.1, 0.15) is 5.56 Å². The Hall–Kier alpha value is -0.980. The number of carbonyl (C=O) groups is 1. The largest absolute Gasteiger partial charge is 0.383 e. The van der Waals surface area contributed by atoms with E-state index in [4.69, 9.17) is 4.74 Å². The molecule has 0 atom stereocenters. The van der Waals surface area contributed by atoms with E-state index in [0.29, 0.717) is 24.2 Å². The highest BCUT2D eigenvalue weighted by molar-refractivity contribution is 9.10. The highest BCUT2D eigenvalue weighted by atomic mass is 79.9. The van der Waals surface area contributed by atoms with Crippen LogP contribution in [0.15, 0.2) is 22.7 Å². The molecule has 100 valence electrons. The van der Waals surface area contributed by atoms with Gasteiger partial charge in [-0.25, -0.2) is 4.39 Å². The van der Waals surface area contributed by atoms with Crippen LogP contribution < -0.4 is 10.6 Å². The van der Waals surface area contributed by atoms with Gasteiger partial charge in [0.05, 0.1) is 13.2 Å². The maximum atomic E-state index is 12.8.